The van der Waals surface area contributed by atoms with E-state index in [4.69, 9.17) is 19.9 Å². The van der Waals surface area contributed by atoms with Crippen LogP contribution in [0.5, 0.6) is 11.5 Å². The van der Waals surface area contributed by atoms with Gasteiger partial charge in [-0.05, 0) is 30.5 Å². The second-order valence-corrected chi connectivity index (χ2v) is 5.20. The molecule has 1 aromatic rings. The molecule has 0 saturated carbocycles. The van der Waals surface area contributed by atoms with Crippen LogP contribution in [0, 0.1) is 5.41 Å². The summed E-state index contributed by atoms with van der Waals surface area (Å²) in [4.78, 5) is 0. The normalized spacial score (nSPS) is 19.4. The van der Waals surface area contributed by atoms with Crippen molar-refractivity contribution in [3.63, 3.8) is 0 Å². The molecule has 5 nitrogen and oxygen atoms in total. The van der Waals surface area contributed by atoms with Crippen LogP contribution < -0.4 is 15.2 Å². The number of ether oxygens (including phenoxy) is 3. The minimum atomic E-state index is -0.629. The number of aliphatic hydroxyl groups is 1. The summed E-state index contributed by atoms with van der Waals surface area (Å²) >= 11 is 0. The molecule has 0 aromatic heterocycles. The highest BCUT2D eigenvalue weighted by Gasteiger charge is 2.39. The number of rotatable bonds is 5. The van der Waals surface area contributed by atoms with Gasteiger partial charge in [-0.3, -0.25) is 0 Å². The molecule has 0 amide bonds. The van der Waals surface area contributed by atoms with E-state index in [2.05, 4.69) is 0 Å². The van der Waals surface area contributed by atoms with Crippen molar-refractivity contribution in [2.24, 2.45) is 11.1 Å². The lowest BCUT2D eigenvalue weighted by Crippen LogP contribution is -2.41. The van der Waals surface area contributed by atoms with Crippen LogP contribution in [0.3, 0.4) is 0 Å². The fraction of sp³-hybridized carbons (Fsp3) is 0.600. The molecule has 5 heteroatoms. The molecule has 0 aliphatic carbocycles. The van der Waals surface area contributed by atoms with Crippen molar-refractivity contribution < 1.29 is 19.3 Å². The van der Waals surface area contributed by atoms with Crippen molar-refractivity contribution in [3.05, 3.63) is 23.8 Å². The molecule has 0 radical (unpaired) electrons. The summed E-state index contributed by atoms with van der Waals surface area (Å²) in [6.45, 7) is 1.72. The Kier molecular flexibility index (Phi) is 4.86. The molecule has 1 unspecified atom stereocenters. The lowest BCUT2D eigenvalue weighted by molar-refractivity contribution is -0.0582. The van der Waals surface area contributed by atoms with Crippen LogP contribution in [0.25, 0.3) is 0 Å². The summed E-state index contributed by atoms with van der Waals surface area (Å²) in [7, 11) is 3.18. The van der Waals surface area contributed by atoms with E-state index in [-0.39, 0.29) is 5.41 Å². The van der Waals surface area contributed by atoms with E-state index in [0.717, 1.165) is 18.4 Å². The Morgan fingerprint density at radius 3 is 2.45 bits per heavy atom. The topological polar surface area (TPSA) is 73.9 Å². The smallest absolute Gasteiger partial charge is 0.161 e. The summed E-state index contributed by atoms with van der Waals surface area (Å²) in [5.41, 5.74) is 6.41. The maximum absolute atomic E-state index is 10.7. The zero-order chi connectivity index (χ0) is 14.6. The number of nitrogens with two attached hydrogens (primary N) is 1. The molecule has 0 spiro atoms. The molecule has 2 rings (SSSR count). The first-order valence-corrected chi connectivity index (χ1v) is 6.84. The Hall–Kier alpha value is -1.30. The Bertz CT molecular complexity index is 443. The molecule has 0 bridgehead atoms. The van der Waals surface area contributed by atoms with Crippen molar-refractivity contribution in [2.45, 2.75) is 18.9 Å². The van der Waals surface area contributed by atoms with E-state index in [0.29, 0.717) is 31.3 Å². The fourth-order valence-electron chi connectivity index (χ4n) is 2.74. The van der Waals surface area contributed by atoms with Crippen LogP contribution in [-0.4, -0.2) is 39.1 Å². The molecule has 20 heavy (non-hydrogen) atoms. The summed E-state index contributed by atoms with van der Waals surface area (Å²) in [5.74, 6) is 1.26. The average Bonchev–Trinajstić information content (AvgIpc) is 2.54. The van der Waals surface area contributed by atoms with Gasteiger partial charge in [0.25, 0.3) is 0 Å². The first kappa shape index (κ1) is 15.1. The van der Waals surface area contributed by atoms with Gasteiger partial charge in [-0.25, -0.2) is 0 Å². The van der Waals surface area contributed by atoms with Crippen LogP contribution in [0.15, 0.2) is 18.2 Å². The Morgan fingerprint density at radius 2 is 1.90 bits per heavy atom. The molecule has 1 aromatic carbocycles. The highest BCUT2D eigenvalue weighted by molar-refractivity contribution is 5.43. The lowest BCUT2D eigenvalue weighted by Gasteiger charge is -2.40. The Labute approximate surface area is 119 Å². The molecule has 1 aliphatic heterocycles. The van der Waals surface area contributed by atoms with Gasteiger partial charge in [0.2, 0.25) is 0 Å². The van der Waals surface area contributed by atoms with Crippen molar-refractivity contribution in [3.8, 4) is 11.5 Å². The average molecular weight is 281 g/mol. The van der Waals surface area contributed by atoms with Crippen molar-refractivity contribution >= 4 is 0 Å². The molecular formula is C15H23NO4. The van der Waals surface area contributed by atoms with Crippen molar-refractivity contribution in [2.75, 3.05) is 34.0 Å². The first-order valence-electron chi connectivity index (χ1n) is 6.84. The maximum Gasteiger partial charge on any atom is 0.161 e. The van der Waals surface area contributed by atoms with Crippen LogP contribution in [0.4, 0.5) is 0 Å². The highest BCUT2D eigenvalue weighted by atomic mass is 16.5. The van der Waals surface area contributed by atoms with Gasteiger partial charge >= 0.3 is 0 Å². The summed E-state index contributed by atoms with van der Waals surface area (Å²) in [6.07, 6.45) is 0.897. The first-order chi connectivity index (χ1) is 9.66. The summed E-state index contributed by atoms with van der Waals surface area (Å²) in [6, 6.07) is 5.48. The van der Waals surface area contributed by atoms with Gasteiger partial charge in [-0.1, -0.05) is 6.07 Å². The van der Waals surface area contributed by atoms with Crippen LogP contribution in [0.2, 0.25) is 0 Å². The Morgan fingerprint density at radius 1 is 1.25 bits per heavy atom. The third-order valence-corrected chi connectivity index (χ3v) is 4.20. The van der Waals surface area contributed by atoms with E-state index in [1.54, 1.807) is 20.3 Å². The minimum absolute atomic E-state index is 0.322. The molecule has 112 valence electrons. The zero-order valence-corrected chi connectivity index (χ0v) is 12.1. The van der Waals surface area contributed by atoms with Gasteiger partial charge in [0.15, 0.2) is 11.5 Å². The van der Waals surface area contributed by atoms with Gasteiger partial charge in [0, 0.05) is 25.2 Å². The molecule has 1 saturated heterocycles. The maximum atomic E-state index is 10.7. The van der Waals surface area contributed by atoms with Crippen molar-refractivity contribution in [1.29, 1.82) is 0 Å². The summed E-state index contributed by atoms with van der Waals surface area (Å²) < 4.78 is 15.9. The number of hydrogen-bond donors (Lipinski definition) is 2. The SMILES string of the molecule is COc1ccc(C(O)C2(CN)CCOCC2)cc1OC. The number of methoxy groups -OCH3 is 2. The van der Waals surface area contributed by atoms with Crippen molar-refractivity contribution in [1.82, 2.24) is 0 Å². The minimum Gasteiger partial charge on any atom is -0.493 e. The molecule has 1 fully saturated rings. The van der Waals surface area contributed by atoms with Gasteiger partial charge in [0.05, 0.1) is 20.3 Å². The molecular weight excluding hydrogens is 258 g/mol. The molecule has 3 N–H and O–H groups in total. The predicted molar refractivity (Wildman–Crippen MR) is 76.0 cm³/mol. The Balaban J connectivity index is 2.29. The largest absolute Gasteiger partial charge is 0.493 e. The quantitative estimate of drug-likeness (QED) is 0.855. The van der Waals surface area contributed by atoms with E-state index >= 15 is 0 Å². The fourth-order valence-corrected chi connectivity index (χ4v) is 2.74. The van der Waals surface area contributed by atoms with E-state index in [1.807, 2.05) is 12.1 Å². The third kappa shape index (κ3) is 2.75. The van der Waals surface area contributed by atoms with E-state index in [9.17, 15) is 5.11 Å². The monoisotopic (exact) mass is 281 g/mol. The summed E-state index contributed by atoms with van der Waals surface area (Å²) in [5, 5.41) is 10.7. The third-order valence-electron chi connectivity index (χ3n) is 4.20. The molecule has 1 heterocycles. The second kappa shape index (κ2) is 6.43. The van der Waals surface area contributed by atoms with Gasteiger partial charge in [0.1, 0.15) is 0 Å². The number of aliphatic hydroxyl groups excluding tert-OH is 1. The lowest BCUT2D eigenvalue weighted by atomic mass is 9.73. The van der Waals surface area contributed by atoms with E-state index < -0.39 is 6.10 Å². The zero-order valence-electron chi connectivity index (χ0n) is 12.1. The van der Waals surface area contributed by atoms with Crippen LogP contribution >= 0.6 is 0 Å². The highest BCUT2D eigenvalue weighted by Crippen LogP contribution is 2.43. The predicted octanol–water partition coefficient (Wildman–Crippen LogP) is 1.49. The van der Waals surface area contributed by atoms with E-state index in [1.165, 1.54) is 0 Å². The molecule has 1 aliphatic rings. The van der Waals surface area contributed by atoms with Crippen LogP contribution in [0.1, 0.15) is 24.5 Å². The van der Waals surface area contributed by atoms with Crippen LogP contribution in [-0.2, 0) is 4.74 Å². The molecule has 1 atom stereocenters. The number of hydrogen-bond acceptors (Lipinski definition) is 5. The standard InChI is InChI=1S/C15H23NO4/c1-18-12-4-3-11(9-13(12)19-2)14(17)15(10-16)5-7-20-8-6-15/h3-4,9,14,17H,5-8,10,16H2,1-2H3. The number of benzene rings is 1. The van der Waals surface area contributed by atoms with Gasteiger partial charge in [-0.15, -0.1) is 0 Å². The second-order valence-electron chi connectivity index (χ2n) is 5.20. The van der Waals surface area contributed by atoms with Gasteiger partial charge < -0.3 is 25.1 Å². The van der Waals surface area contributed by atoms with Gasteiger partial charge in [-0.2, -0.15) is 0 Å².